The number of carbonyl (C=O) groups excluding carboxylic acids is 1. The SMILES string of the molecule is CC1(C2CN(C(c3ccccc3)(c3ccccc3)c3ccccc3-n3cnc4c(NC(=O)c5ccccc5)ncnc43)CCO2)CNCCO1. The summed E-state index contributed by atoms with van der Waals surface area (Å²) in [4.78, 5) is 29.6. The van der Waals surface area contributed by atoms with E-state index in [4.69, 9.17) is 19.4 Å². The second-order valence-electron chi connectivity index (χ2n) is 12.9. The highest BCUT2D eigenvalue weighted by Crippen LogP contribution is 2.46. The number of imidazole rings is 1. The summed E-state index contributed by atoms with van der Waals surface area (Å²) in [5, 5.41) is 6.47. The summed E-state index contributed by atoms with van der Waals surface area (Å²) in [7, 11) is 0. The van der Waals surface area contributed by atoms with Gasteiger partial charge in [-0.2, -0.15) is 0 Å². The number of fused-ring (bicyclic) bond motifs is 1. The van der Waals surface area contributed by atoms with Crippen LogP contribution >= 0.6 is 0 Å². The molecule has 2 aliphatic heterocycles. The summed E-state index contributed by atoms with van der Waals surface area (Å²) in [5.74, 6) is 0.0863. The number of nitrogens with one attached hydrogen (secondary N) is 2. The van der Waals surface area contributed by atoms with Crippen LogP contribution in [0.5, 0.6) is 0 Å². The first kappa shape index (κ1) is 32.0. The number of rotatable bonds is 8. The Morgan fingerprint density at radius 1 is 0.860 bits per heavy atom. The van der Waals surface area contributed by atoms with E-state index in [1.165, 1.54) is 6.33 Å². The third-order valence-electron chi connectivity index (χ3n) is 9.95. The van der Waals surface area contributed by atoms with Crippen molar-refractivity contribution in [3.8, 4) is 5.69 Å². The van der Waals surface area contributed by atoms with Gasteiger partial charge in [0.15, 0.2) is 17.0 Å². The minimum atomic E-state index is -0.742. The third kappa shape index (κ3) is 5.66. The van der Waals surface area contributed by atoms with Crippen LogP contribution in [0.15, 0.2) is 128 Å². The third-order valence-corrected chi connectivity index (χ3v) is 9.95. The molecule has 0 radical (unpaired) electrons. The molecule has 2 aromatic heterocycles. The van der Waals surface area contributed by atoms with Crippen molar-refractivity contribution in [3.63, 3.8) is 0 Å². The van der Waals surface area contributed by atoms with Crippen molar-refractivity contribution in [1.82, 2.24) is 29.7 Å². The lowest BCUT2D eigenvalue weighted by Crippen LogP contribution is -2.64. The second kappa shape index (κ2) is 13.6. The molecule has 0 aliphatic carbocycles. The second-order valence-corrected chi connectivity index (χ2v) is 12.9. The van der Waals surface area contributed by atoms with Gasteiger partial charge in [0, 0.05) is 37.3 Å². The monoisotopic (exact) mass is 665 g/mol. The Morgan fingerprint density at radius 3 is 2.24 bits per heavy atom. The van der Waals surface area contributed by atoms with Gasteiger partial charge in [-0.05, 0) is 36.2 Å². The van der Waals surface area contributed by atoms with Crippen LogP contribution in [0.25, 0.3) is 16.9 Å². The van der Waals surface area contributed by atoms with Crippen molar-refractivity contribution in [2.75, 3.05) is 44.7 Å². The zero-order chi connectivity index (χ0) is 34.0. The van der Waals surface area contributed by atoms with Crippen LogP contribution in [0.3, 0.4) is 0 Å². The number of benzene rings is 4. The van der Waals surface area contributed by atoms with E-state index < -0.39 is 11.1 Å². The van der Waals surface area contributed by atoms with E-state index in [1.54, 1.807) is 18.5 Å². The maximum atomic E-state index is 13.1. The molecular formula is C40H39N7O3. The van der Waals surface area contributed by atoms with Crippen LogP contribution in [-0.2, 0) is 15.0 Å². The molecule has 4 heterocycles. The van der Waals surface area contributed by atoms with E-state index in [0.29, 0.717) is 48.8 Å². The predicted octanol–water partition coefficient (Wildman–Crippen LogP) is 5.44. The molecule has 252 valence electrons. The van der Waals surface area contributed by atoms with Crippen LogP contribution < -0.4 is 10.6 Å². The van der Waals surface area contributed by atoms with Crippen LogP contribution in [0, 0.1) is 0 Å². The normalized spacial score (nSPS) is 20.1. The average molecular weight is 666 g/mol. The molecule has 0 spiro atoms. The van der Waals surface area contributed by atoms with Gasteiger partial charge in [0.25, 0.3) is 5.91 Å². The van der Waals surface area contributed by atoms with Gasteiger partial charge in [-0.3, -0.25) is 14.3 Å². The van der Waals surface area contributed by atoms with Crippen molar-refractivity contribution in [1.29, 1.82) is 0 Å². The van der Waals surface area contributed by atoms with Gasteiger partial charge in [0.2, 0.25) is 0 Å². The molecule has 2 fully saturated rings. The number of ether oxygens (including phenoxy) is 2. The Balaban J connectivity index is 1.30. The minimum absolute atomic E-state index is 0.166. The highest BCUT2D eigenvalue weighted by atomic mass is 16.6. The van der Waals surface area contributed by atoms with E-state index in [-0.39, 0.29) is 12.0 Å². The number of para-hydroxylation sites is 1. The summed E-state index contributed by atoms with van der Waals surface area (Å²) in [6, 6.07) is 38.9. The first-order valence-electron chi connectivity index (χ1n) is 17.0. The van der Waals surface area contributed by atoms with Crippen molar-refractivity contribution < 1.29 is 14.3 Å². The molecular weight excluding hydrogens is 626 g/mol. The highest BCUT2D eigenvalue weighted by molar-refractivity contribution is 6.06. The molecule has 0 saturated carbocycles. The van der Waals surface area contributed by atoms with Crippen molar-refractivity contribution in [2.24, 2.45) is 0 Å². The van der Waals surface area contributed by atoms with E-state index >= 15 is 0 Å². The van der Waals surface area contributed by atoms with E-state index in [0.717, 1.165) is 35.5 Å². The lowest BCUT2D eigenvalue weighted by Gasteiger charge is -2.52. The molecule has 2 atom stereocenters. The van der Waals surface area contributed by atoms with Crippen LogP contribution in [0.1, 0.15) is 34.0 Å². The van der Waals surface area contributed by atoms with Crippen molar-refractivity contribution in [3.05, 3.63) is 150 Å². The standard InChI is InChI=1S/C40H39N7O3/c1-39(26-41-21-23-50-39)34-25-46(22-24-49-34)40(30-15-7-3-8-16-30,31-17-9-4-10-18-31)32-19-11-12-20-33(32)47-28-44-35-36(42-27-43-37(35)47)45-38(48)29-13-5-2-6-14-29/h2-20,27-28,34,41H,21-26H2,1H3,(H,42,43,45,48). The topological polar surface area (TPSA) is 106 Å². The predicted molar refractivity (Wildman–Crippen MR) is 192 cm³/mol. The van der Waals surface area contributed by atoms with Crippen molar-refractivity contribution in [2.45, 2.75) is 24.2 Å². The zero-order valence-electron chi connectivity index (χ0n) is 27.9. The minimum Gasteiger partial charge on any atom is -0.372 e. The number of morpholine rings is 2. The van der Waals surface area contributed by atoms with Crippen molar-refractivity contribution >= 4 is 22.9 Å². The molecule has 2 saturated heterocycles. The van der Waals surface area contributed by atoms with E-state index in [1.807, 2.05) is 28.8 Å². The van der Waals surface area contributed by atoms with Gasteiger partial charge in [0.1, 0.15) is 24.4 Å². The largest absolute Gasteiger partial charge is 0.372 e. The Morgan fingerprint density at radius 2 is 1.54 bits per heavy atom. The molecule has 10 heteroatoms. The first-order chi connectivity index (χ1) is 24.6. The molecule has 50 heavy (non-hydrogen) atoms. The number of aromatic nitrogens is 4. The molecule has 2 N–H and O–H groups in total. The summed E-state index contributed by atoms with van der Waals surface area (Å²) >= 11 is 0. The van der Waals surface area contributed by atoms with Gasteiger partial charge < -0.3 is 20.1 Å². The fourth-order valence-corrected chi connectivity index (χ4v) is 7.51. The Bertz CT molecular complexity index is 2040. The number of carbonyl (C=O) groups is 1. The number of anilines is 1. The summed E-state index contributed by atoms with van der Waals surface area (Å²) < 4.78 is 14.9. The van der Waals surface area contributed by atoms with Crippen LogP contribution in [0.4, 0.5) is 5.82 Å². The molecule has 0 bridgehead atoms. The molecule has 2 aliphatic rings. The Kier molecular flexibility index (Phi) is 8.68. The average Bonchev–Trinajstić information content (AvgIpc) is 3.62. The van der Waals surface area contributed by atoms with Gasteiger partial charge >= 0.3 is 0 Å². The Hall–Kier alpha value is -5.26. The number of amides is 1. The smallest absolute Gasteiger partial charge is 0.256 e. The molecule has 2 unspecified atom stereocenters. The maximum absolute atomic E-state index is 13.1. The molecule has 10 nitrogen and oxygen atoms in total. The quantitative estimate of drug-likeness (QED) is 0.207. The number of nitrogens with zero attached hydrogens (tertiary/aromatic N) is 5. The lowest BCUT2D eigenvalue weighted by molar-refractivity contribution is -0.178. The summed E-state index contributed by atoms with van der Waals surface area (Å²) in [6.07, 6.45) is 3.07. The van der Waals surface area contributed by atoms with E-state index in [9.17, 15) is 4.79 Å². The van der Waals surface area contributed by atoms with E-state index in [2.05, 4.69) is 106 Å². The molecule has 8 rings (SSSR count). The maximum Gasteiger partial charge on any atom is 0.256 e. The number of hydrogen-bond donors (Lipinski definition) is 2. The lowest BCUT2D eigenvalue weighted by atomic mass is 9.74. The Labute approximate surface area is 291 Å². The molecule has 1 amide bonds. The zero-order valence-corrected chi connectivity index (χ0v) is 27.9. The molecule has 4 aromatic carbocycles. The van der Waals surface area contributed by atoms with Gasteiger partial charge in [-0.25, -0.2) is 15.0 Å². The summed E-state index contributed by atoms with van der Waals surface area (Å²) in [5.41, 5.74) is 4.61. The number of hydrogen-bond acceptors (Lipinski definition) is 8. The first-order valence-corrected chi connectivity index (χ1v) is 17.0. The van der Waals surface area contributed by atoms with Gasteiger partial charge in [-0.15, -0.1) is 0 Å². The highest BCUT2D eigenvalue weighted by Gasteiger charge is 2.49. The fraction of sp³-hybridized carbons (Fsp3) is 0.250. The van der Waals surface area contributed by atoms with Gasteiger partial charge in [-0.1, -0.05) is 97.1 Å². The fourth-order valence-electron chi connectivity index (χ4n) is 7.51. The summed E-state index contributed by atoms with van der Waals surface area (Å²) in [6.45, 7) is 6.23. The van der Waals surface area contributed by atoms with Crippen LogP contribution in [-0.4, -0.2) is 81.4 Å². The van der Waals surface area contributed by atoms with Crippen LogP contribution in [0.2, 0.25) is 0 Å². The molecule has 6 aromatic rings. The van der Waals surface area contributed by atoms with Gasteiger partial charge in [0.05, 0.1) is 24.4 Å².